The van der Waals surface area contributed by atoms with Gasteiger partial charge in [-0.05, 0) is 31.2 Å². The van der Waals surface area contributed by atoms with Crippen LogP contribution in [0.3, 0.4) is 0 Å². The lowest BCUT2D eigenvalue weighted by Gasteiger charge is -2.19. The van der Waals surface area contributed by atoms with E-state index in [9.17, 15) is 20.0 Å². The van der Waals surface area contributed by atoms with E-state index in [0.717, 1.165) is 37.4 Å². The van der Waals surface area contributed by atoms with Crippen molar-refractivity contribution in [3.05, 3.63) is 39.4 Å². The molecule has 0 aliphatic rings. The Morgan fingerprint density at radius 1 is 1.04 bits per heavy atom. The number of hydrogen-bond acceptors (Lipinski definition) is 3. The van der Waals surface area contributed by atoms with Gasteiger partial charge in [-0.25, -0.2) is 4.79 Å². The van der Waals surface area contributed by atoms with E-state index in [-0.39, 0.29) is 17.2 Å². The molecule has 158 valence electrons. The van der Waals surface area contributed by atoms with E-state index in [4.69, 9.17) is 0 Å². The number of carboxylic acids is 1. The van der Waals surface area contributed by atoms with E-state index in [2.05, 4.69) is 22.9 Å². The average Bonchev–Trinajstić information content (AvgIpc) is 2.68. The molecule has 1 N–H and O–H groups in total. The van der Waals surface area contributed by atoms with Gasteiger partial charge < -0.3 is 5.11 Å². The monoisotopic (exact) mass is 455 g/mol. The summed E-state index contributed by atoms with van der Waals surface area (Å²) in [4.78, 5) is 22.7. The van der Waals surface area contributed by atoms with Crippen molar-refractivity contribution in [3.63, 3.8) is 0 Å². The van der Waals surface area contributed by atoms with Crippen molar-refractivity contribution in [2.45, 2.75) is 89.9 Å². The predicted molar refractivity (Wildman–Crippen MR) is 118 cm³/mol. The van der Waals surface area contributed by atoms with Crippen LogP contribution in [0, 0.1) is 10.1 Å². The first kappa shape index (κ1) is 24.6. The number of carbonyl (C=O) groups is 1. The Morgan fingerprint density at radius 3 is 2.14 bits per heavy atom. The topological polar surface area (TPSA) is 80.4 Å². The number of nitrogens with zero attached hydrogens (tertiary/aromatic N) is 1. The molecule has 1 atom stereocenters. The molecule has 0 aliphatic heterocycles. The zero-order valence-corrected chi connectivity index (χ0v) is 18.6. The number of benzene rings is 1. The molecule has 0 radical (unpaired) electrons. The molecule has 5 nitrogen and oxygen atoms in total. The Hall–Kier alpha value is -1.43. The molecule has 0 aromatic heterocycles. The molecule has 0 spiro atoms. The summed E-state index contributed by atoms with van der Waals surface area (Å²) in [5.41, 5.74) is 0.417. The van der Waals surface area contributed by atoms with Crippen LogP contribution in [-0.4, -0.2) is 21.3 Å². The largest absolute Gasteiger partial charge is 0.478 e. The second-order valence-corrected chi connectivity index (χ2v) is 8.24. The van der Waals surface area contributed by atoms with Gasteiger partial charge in [0, 0.05) is 17.0 Å². The van der Waals surface area contributed by atoms with Gasteiger partial charge >= 0.3 is 5.97 Å². The Balaban J connectivity index is 2.70. The van der Waals surface area contributed by atoms with Gasteiger partial charge in [0.05, 0.1) is 10.5 Å². The summed E-state index contributed by atoms with van der Waals surface area (Å²) in [6, 6.07) is 4.38. The third-order valence-corrected chi connectivity index (χ3v) is 5.82. The number of alkyl halides is 1. The molecule has 0 saturated heterocycles. The SMILES string of the molecule is CCCCCCCCCCCC(CCCBr)c1c(C(=O)O)cccc1[N+](=O)[O-]. The zero-order chi connectivity index (χ0) is 20.8. The van der Waals surface area contributed by atoms with Crippen LogP contribution in [0.5, 0.6) is 0 Å². The molecule has 0 fully saturated rings. The van der Waals surface area contributed by atoms with Crippen molar-refractivity contribution >= 4 is 27.6 Å². The zero-order valence-electron chi connectivity index (χ0n) is 17.0. The molecule has 0 amide bonds. The van der Waals surface area contributed by atoms with Crippen molar-refractivity contribution in [2.24, 2.45) is 0 Å². The van der Waals surface area contributed by atoms with Crippen molar-refractivity contribution in [3.8, 4) is 0 Å². The van der Waals surface area contributed by atoms with Gasteiger partial charge in [-0.3, -0.25) is 10.1 Å². The molecule has 1 aromatic rings. The van der Waals surface area contributed by atoms with Gasteiger partial charge in [0.25, 0.3) is 5.69 Å². The number of carboxylic acid groups (broad SMARTS) is 1. The Morgan fingerprint density at radius 2 is 1.61 bits per heavy atom. The van der Waals surface area contributed by atoms with Gasteiger partial charge in [0.1, 0.15) is 0 Å². The molecule has 0 aliphatic carbocycles. The molecular weight excluding hydrogens is 422 g/mol. The Kier molecular flexibility index (Phi) is 12.8. The highest BCUT2D eigenvalue weighted by Gasteiger charge is 2.27. The lowest BCUT2D eigenvalue weighted by molar-refractivity contribution is -0.385. The number of nitro groups is 1. The van der Waals surface area contributed by atoms with Gasteiger partial charge in [-0.15, -0.1) is 0 Å². The fraction of sp³-hybridized carbons (Fsp3) is 0.682. The standard InChI is InChI=1S/C22H34BrNO4/c1-2-3-4-5-6-7-8-9-10-13-18(14-12-17-23)21-19(22(25)26)15-11-16-20(21)24(27)28/h11,15-16,18H,2-10,12-14,17H2,1H3,(H,25,26). The van der Waals surface area contributed by atoms with E-state index in [0.29, 0.717) is 5.56 Å². The van der Waals surface area contributed by atoms with Gasteiger partial charge in [-0.2, -0.15) is 0 Å². The molecule has 0 bridgehead atoms. The molecular formula is C22H34BrNO4. The fourth-order valence-corrected chi connectivity index (χ4v) is 4.11. The fourth-order valence-electron chi connectivity index (χ4n) is 3.79. The van der Waals surface area contributed by atoms with E-state index >= 15 is 0 Å². The maximum atomic E-state index is 11.7. The predicted octanol–water partition coefficient (Wildman–Crippen LogP) is 7.47. The molecule has 28 heavy (non-hydrogen) atoms. The van der Waals surface area contributed by atoms with Crippen LogP contribution in [0.25, 0.3) is 0 Å². The third kappa shape index (κ3) is 8.72. The smallest absolute Gasteiger partial charge is 0.336 e. The minimum absolute atomic E-state index is 0.0598. The molecule has 0 heterocycles. The minimum atomic E-state index is -1.09. The maximum Gasteiger partial charge on any atom is 0.336 e. The molecule has 0 saturated carbocycles. The summed E-state index contributed by atoms with van der Waals surface area (Å²) >= 11 is 3.42. The maximum absolute atomic E-state index is 11.7. The first-order valence-electron chi connectivity index (χ1n) is 10.6. The normalized spacial score (nSPS) is 12.1. The number of hydrogen-bond donors (Lipinski definition) is 1. The Bertz CT molecular complexity index is 574. The van der Waals surface area contributed by atoms with Crippen LogP contribution in [0.2, 0.25) is 0 Å². The van der Waals surface area contributed by atoms with Crippen LogP contribution >= 0.6 is 15.9 Å². The summed E-state index contributed by atoms with van der Waals surface area (Å²) in [7, 11) is 0. The molecule has 1 aromatic carbocycles. The summed E-state index contributed by atoms with van der Waals surface area (Å²) in [5.74, 6) is -1.18. The lowest BCUT2D eigenvalue weighted by Crippen LogP contribution is -2.11. The van der Waals surface area contributed by atoms with E-state index in [1.807, 2.05) is 0 Å². The summed E-state index contributed by atoms with van der Waals surface area (Å²) in [6.07, 6.45) is 13.4. The van der Waals surface area contributed by atoms with Crippen molar-refractivity contribution in [1.29, 1.82) is 0 Å². The third-order valence-electron chi connectivity index (χ3n) is 5.26. The highest BCUT2D eigenvalue weighted by atomic mass is 79.9. The summed E-state index contributed by atoms with van der Waals surface area (Å²) < 4.78 is 0. The molecule has 6 heteroatoms. The number of nitro benzene ring substituents is 1. The first-order chi connectivity index (χ1) is 13.5. The van der Waals surface area contributed by atoms with Crippen LogP contribution < -0.4 is 0 Å². The number of halogens is 1. The Labute approximate surface area is 177 Å². The molecule has 1 rings (SSSR count). The average molecular weight is 456 g/mol. The van der Waals surface area contributed by atoms with E-state index in [1.165, 1.54) is 63.1 Å². The van der Waals surface area contributed by atoms with Crippen LogP contribution in [-0.2, 0) is 0 Å². The van der Waals surface area contributed by atoms with Gasteiger partial charge in [-0.1, -0.05) is 86.7 Å². The summed E-state index contributed by atoms with van der Waals surface area (Å²) in [6.45, 7) is 2.22. The van der Waals surface area contributed by atoms with E-state index in [1.54, 1.807) is 0 Å². The van der Waals surface area contributed by atoms with Crippen LogP contribution in [0.15, 0.2) is 18.2 Å². The summed E-state index contributed by atoms with van der Waals surface area (Å²) in [5, 5.41) is 21.9. The highest BCUT2D eigenvalue weighted by Crippen LogP contribution is 2.36. The second-order valence-electron chi connectivity index (χ2n) is 7.45. The number of unbranched alkanes of at least 4 members (excludes halogenated alkanes) is 8. The van der Waals surface area contributed by atoms with E-state index < -0.39 is 10.9 Å². The van der Waals surface area contributed by atoms with Gasteiger partial charge in [0.15, 0.2) is 0 Å². The number of aromatic carboxylic acids is 1. The van der Waals surface area contributed by atoms with Gasteiger partial charge in [0.2, 0.25) is 0 Å². The minimum Gasteiger partial charge on any atom is -0.478 e. The highest BCUT2D eigenvalue weighted by molar-refractivity contribution is 9.09. The van der Waals surface area contributed by atoms with Crippen molar-refractivity contribution in [2.75, 3.05) is 5.33 Å². The number of rotatable bonds is 16. The quantitative estimate of drug-likeness (QED) is 0.121. The van der Waals surface area contributed by atoms with Crippen LogP contribution in [0.4, 0.5) is 5.69 Å². The van der Waals surface area contributed by atoms with Crippen molar-refractivity contribution in [1.82, 2.24) is 0 Å². The van der Waals surface area contributed by atoms with Crippen LogP contribution in [0.1, 0.15) is 106 Å². The lowest BCUT2D eigenvalue weighted by atomic mass is 9.85. The first-order valence-corrected chi connectivity index (χ1v) is 11.7. The second kappa shape index (κ2) is 14.6. The molecule has 1 unspecified atom stereocenters. The van der Waals surface area contributed by atoms with Crippen molar-refractivity contribution < 1.29 is 14.8 Å².